The number of aliphatic imine (C=N–C) groups is 1. The molecule has 0 bridgehead atoms. The first-order chi connectivity index (χ1) is 13.2. The molecule has 2 aromatic rings. The Morgan fingerprint density at radius 1 is 1.22 bits per heavy atom. The Kier molecular flexibility index (Phi) is 8.57. The number of para-hydroxylation sites is 1. The molecular weight excluding hydrogens is 362 g/mol. The smallest absolute Gasteiger partial charge is 0.263 e. The van der Waals surface area contributed by atoms with E-state index in [1.54, 1.807) is 12.6 Å². The molecule has 0 unspecified atom stereocenters. The minimum absolute atomic E-state index is 0.0880. The Morgan fingerprint density at radius 2 is 2.00 bits per heavy atom. The summed E-state index contributed by atoms with van der Waals surface area (Å²) in [7, 11) is 1.68. The van der Waals surface area contributed by atoms with Crippen molar-refractivity contribution in [3.63, 3.8) is 0 Å². The SMILES string of the molecule is CCNC(=NCCc1ccccc1OC)NCCNC(=O)c1scnc1C. The van der Waals surface area contributed by atoms with Crippen molar-refractivity contribution in [3.8, 4) is 5.75 Å². The van der Waals surface area contributed by atoms with Gasteiger partial charge in [-0.25, -0.2) is 4.98 Å². The summed E-state index contributed by atoms with van der Waals surface area (Å²) in [5, 5.41) is 9.33. The number of ether oxygens (including phenoxy) is 1. The lowest BCUT2D eigenvalue weighted by molar-refractivity contribution is 0.0957. The largest absolute Gasteiger partial charge is 0.496 e. The third kappa shape index (κ3) is 6.56. The summed E-state index contributed by atoms with van der Waals surface area (Å²) >= 11 is 1.35. The van der Waals surface area contributed by atoms with E-state index < -0.39 is 0 Å². The van der Waals surface area contributed by atoms with Gasteiger partial charge < -0.3 is 20.7 Å². The van der Waals surface area contributed by atoms with Gasteiger partial charge in [0.2, 0.25) is 0 Å². The first-order valence-electron chi connectivity index (χ1n) is 8.98. The number of aryl methyl sites for hydroxylation is 1. The molecule has 1 aromatic heterocycles. The molecule has 0 saturated carbocycles. The average Bonchev–Trinajstić information content (AvgIpc) is 3.11. The van der Waals surface area contributed by atoms with Gasteiger partial charge in [0, 0.05) is 26.2 Å². The Balaban J connectivity index is 1.78. The highest BCUT2D eigenvalue weighted by atomic mass is 32.1. The van der Waals surface area contributed by atoms with Crippen molar-refractivity contribution in [2.75, 3.05) is 33.3 Å². The van der Waals surface area contributed by atoms with Crippen LogP contribution in [0.4, 0.5) is 0 Å². The summed E-state index contributed by atoms with van der Waals surface area (Å²) < 4.78 is 5.37. The third-order valence-electron chi connectivity index (χ3n) is 3.84. The zero-order chi connectivity index (χ0) is 19.5. The lowest BCUT2D eigenvalue weighted by Crippen LogP contribution is -2.41. The molecule has 1 aromatic carbocycles. The number of amides is 1. The van der Waals surface area contributed by atoms with Gasteiger partial charge in [-0.2, -0.15) is 0 Å². The molecule has 3 N–H and O–H groups in total. The number of carbonyl (C=O) groups is 1. The highest BCUT2D eigenvalue weighted by Gasteiger charge is 2.10. The fourth-order valence-corrected chi connectivity index (χ4v) is 3.22. The number of benzene rings is 1. The molecule has 8 heteroatoms. The topological polar surface area (TPSA) is 87.6 Å². The third-order valence-corrected chi connectivity index (χ3v) is 4.77. The number of carbonyl (C=O) groups excluding carboxylic acids is 1. The summed E-state index contributed by atoms with van der Waals surface area (Å²) in [6.07, 6.45) is 0.794. The normalized spacial score (nSPS) is 11.1. The van der Waals surface area contributed by atoms with Crippen LogP contribution < -0.4 is 20.7 Å². The lowest BCUT2D eigenvalue weighted by Gasteiger charge is -2.12. The molecule has 1 heterocycles. The summed E-state index contributed by atoms with van der Waals surface area (Å²) in [5.41, 5.74) is 3.57. The number of nitrogens with one attached hydrogen (secondary N) is 3. The maximum Gasteiger partial charge on any atom is 0.263 e. The van der Waals surface area contributed by atoms with Crippen molar-refractivity contribution >= 4 is 23.2 Å². The molecule has 0 radical (unpaired) electrons. The number of hydrogen-bond donors (Lipinski definition) is 3. The van der Waals surface area contributed by atoms with Gasteiger partial charge in [-0.15, -0.1) is 11.3 Å². The summed E-state index contributed by atoms with van der Waals surface area (Å²) in [5.74, 6) is 1.53. The molecule has 0 aliphatic carbocycles. The molecule has 27 heavy (non-hydrogen) atoms. The second-order valence-electron chi connectivity index (χ2n) is 5.77. The van der Waals surface area contributed by atoms with Gasteiger partial charge in [0.25, 0.3) is 5.91 Å². The van der Waals surface area contributed by atoms with Crippen molar-refractivity contribution in [3.05, 3.63) is 45.9 Å². The molecule has 0 saturated heterocycles. The first kappa shape index (κ1) is 20.7. The van der Waals surface area contributed by atoms with Crippen LogP contribution in [0.1, 0.15) is 27.9 Å². The van der Waals surface area contributed by atoms with E-state index >= 15 is 0 Å². The number of hydrogen-bond acceptors (Lipinski definition) is 5. The van der Waals surface area contributed by atoms with Crippen LogP contribution in [0.3, 0.4) is 0 Å². The van der Waals surface area contributed by atoms with Crippen molar-refractivity contribution in [1.29, 1.82) is 0 Å². The van der Waals surface area contributed by atoms with Gasteiger partial charge in [0.15, 0.2) is 5.96 Å². The van der Waals surface area contributed by atoms with Crippen molar-refractivity contribution in [1.82, 2.24) is 20.9 Å². The van der Waals surface area contributed by atoms with E-state index in [1.165, 1.54) is 11.3 Å². The Morgan fingerprint density at radius 3 is 2.70 bits per heavy atom. The number of aromatic nitrogens is 1. The molecule has 0 spiro atoms. The zero-order valence-corrected chi connectivity index (χ0v) is 16.9. The van der Waals surface area contributed by atoms with E-state index in [0.717, 1.165) is 35.9 Å². The summed E-state index contributed by atoms with van der Waals surface area (Å²) in [6.45, 7) is 6.36. The fraction of sp³-hybridized carbons (Fsp3) is 0.421. The Labute approximate surface area is 164 Å². The first-order valence-corrected chi connectivity index (χ1v) is 9.86. The van der Waals surface area contributed by atoms with Gasteiger partial charge in [-0.1, -0.05) is 18.2 Å². The van der Waals surface area contributed by atoms with Gasteiger partial charge >= 0.3 is 0 Å². The van der Waals surface area contributed by atoms with E-state index in [4.69, 9.17) is 4.74 Å². The van der Waals surface area contributed by atoms with E-state index in [-0.39, 0.29) is 5.91 Å². The second-order valence-corrected chi connectivity index (χ2v) is 6.63. The van der Waals surface area contributed by atoms with Crippen molar-refractivity contribution < 1.29 is 9.53 Å². The molecular formula is C19H27N5O2S. The Bertz CT molecular complexity index is 760. The van der Waals surface area contributed by atoms with Gasteiger partial charge in [0.05, 0.1) is 18.3 Å². The zero-order valence-electron chi connectivity index (χ0n) is 16.0. The number of rotatable bonds is 9. The lowest BCUT2D eigenvalue weighted by atomic mass is 10.1. The fourth-order valence-electron chi connectivity index (χ4n) is 2.50. The van der Waals surface area contributed by atoms with E-state index in [9.17, 15) is 4.79 Å². The van der Waals surface area contributed by atoms with Crippen LogP contribution in [0.5, 0.6) is 5.75 Å². The van der Waals surface area contributed by atoms with Crippen LogP contribution >= 0.6 is 11.3 Å². The number of thiazole rings is 1. The standard InChI is InChI=1S/C19H27N5O2S/c1-4-20-19(22-10-9-15-7-5-6-8-16(15)26-3)23-12-11-21-18(25)17-14(2)24-13-27-17/h5-8,13H,4,9-12H2,1-3H3,(H,21,25)(H2,20,22,23). The van der Waals surface area contributed by atoms with E-state index in [1.807, 2.05) is 38.1 Å². The van der Waals surface area contributed by atoms with E-state index in [2.05, 4.69) is 25.9 Å². The van der Waals surface area contributed by atoms with Gasteiger partial charge in [-0.3, -0.25) is 9.79 Å². The summed E-state index contributed by atoms with van der Waals surface area (Å²) in [6, 6.07) is 7.96. The molecule has 0 aliphatic heterocycles. The minimum atomic E-state index is -0.0880. The Hall–Kier alpha value is -2.61. The number of methoxy groups -OCH3 is 1. The van der Waals surface area contributed by atoms with Crippen LogP contribution in [0.15, 0.2) is 34.8 Å². The van der Waals surface area contributed by atoms with E-state index in [0.29, 0.717) is 24.5 Å². The molecule has 0 aliphatic rings. The summed E-state index contributed by atoms with van der Waals surface area (Å²) in [4.78, 5) is 21.4. The number of guanidine groups is 1. The van der Waals surface area contributed by atoms with Crippen LogP contribution in [0.25, 0.3) is 0 Å². The van der Waals surface area contributed by atoms with Crippen LogP contribution in [-0.2, 0) is 6.42 Å². The van der Waals surface area contributed by atoms with Gasteiger partial charge in [-0.05, 0) is 31.9 Å². The minimum Gasteiger partial charge on any atom is -0.496 e. The van der Waals surface area contributed by atoms with Crippen LogP contribution in [0.2, 0.25) is 0 Å². The van der Waals surface area contributed by atoms with Crippen LogP contribution in [0, 0.1) is 6.92 Å². The quantitative estimate of drug-likeness (QED) is 0.347. The highest BCUT2D eigenvalue weighted by molar-refractivity contribution is 7.11. The molecule has 0 fully saturated rings. The van der Waals surface area contributed by atoms with Crippen molar-refractivity contribution in [2.24, 2.45) is 4.99 Å². The average molecular weight is 390 g/mol. The molecule has 146 valence electrons. The highest BCUT2D eigenvalue weighted by Crippen LogP contribution is 2.17. The van der Waals surface area contributed by atoms with Gasteiger partial charge in [0.1, 0.15) is 10.6 Å². The maximum atomic E-state index is 12.1. The van der Waals surface area contributed by atoms with Crippen molar-refractivity contribution in [2.45, 2.75) is 20.3 Å². The predicted molar refractivity (Wildman–Crippen MR) is 110 cm³/mol. The molecule has 2 rings (SSSR count). The van der Waals surface area contributed by atoms with Crippen LogP contribution in [-0.4, -0.2) is 50.1 Å². The number of nitrogens with zero attached hydrogens (tertiary/aromatic N) is 2. The molecule has 0 atom stereocenters. The maximum absolute atomic E-state index is 12.1. The molecule has 7 nitrogen and oxygen atoms in total. The predicted octanol–water partition coefficient (Wildman–Crippen LogP) is 1.99. The second kappa shape index (κ2) is 11.2. The monoisotopic (exact) mass is 389 g/mol. The molecule has 1 amide bonds.